The van der Waals surface area contributed by atoms with Crippen LogP contribution in [0.4, 0.5) is 0 Å². The molecule has 1 atom stereocenters. The molecule has 0 aliphatic rings. The van der Waals surface area contributed by atoms with Crippen molar-refractivity contribution in [2.24, 2.45) is 5.73 Å². The lowest BCUT2D eigenvalue weighted by Gasteiger charge is -2.08. The fourth-order valence-electron chi connectivity index (χ4n) is 1.89. The molecule has 0 fully saturated rings. The summed E-state index contributed by atoms with van der Waals surface area (Å²) in [6.07, 6.45) is 5.18. The van der Waals surface area contributed by atoms with E-state index in [2.05, 4.69) is 9.97 Å². The molecule has 3 N–H and O–H groups in total. The zero-order valence-corrected chi connectivity index (χ0v) is 11.3. The normalized spacial score (nSPS) is 12.1. The molecule has 1 aromatic heterocycles. The second-order valence-electron chi connectivity index (χ2n) is 4.62. The zero-order chi connectivity index (χ0) is 14.2. The molecule has 0 radical (unpaired) electrons. The van der Waals surface area contributed by atoms with Gasteiger partial charge in [-0.2, -0.15) is 0 Å². The summed E-state index contributed by atoms with van der Waals surface area (Å²) in [4.78, 5) is 18.7. The van der Waals surface area contributed by atoms with E-state index in [0.29, 0.717) is 25.9 Å². The number of carbonyl (C=O) groups is 1. The Kier molecular flexibility index (Phi) is 5.32. The predicted molar refractivity (Wildman–Crippen MR) is 75.6 cm³/mol. The van der Waals surface area contributed by atoms with Crippen molar-refractivity contribution in [2.75, 3.05) is 0 Å². The average molecular weight is 273 g/mol. The lowest BCUT2D eigenvalue weighted by atomic mass is 10.1. The Bertz CT molecular complexity index is 511. The van der Waals surface area contributed by atoms with Gasteiger partial charge in [-0.25, -0.2) is 4.98 Å². The largest absolute Gasteiger partial charge is 0.461 e. The molecule has 0 aliphatic carbocycles. The molecule has 1 heterocycles. The first kappa shape index (κ1) is 14.3. The van der Waals surface area contributed by atoms with E-state index in [1.54, 1.807) is 12.4 Å². The van der Waals surface area contributed by atoms with Crippen LogP contribution in [0.5, 0.6) is 0 Å². The predicted octanol–water partition coefficient (Wildman–Crippen LogP) is 2.32. The number of aromatic nitrogens is 2. The SMILES string of the molecule is NC(CCCC(=O)OCc1ccccc1)c1ncc[nH]1. The maximum absolute atomic E-state index is 11.6. The summed E-state index contributed by atoms with van der Waals surface area (Å²) in [7, 11) is 0. The Labute approximate surface area is 118 Å². The van der Waals surface area contributed by atoms with Gasteiger partial charge in [-0.1, -0.05) is 30.3 Å². The molecule has 0 saturated carbocycles. The van der Waals surface area contributed by atoms with E-state index in [-0.39, 0.29) is 12.0 Å². The van der Waals surface area contributed by atoms with Crippen LogP contribution in [0.1, 0.15) is 36.7 Å². The van der Waals surface area contributed by atoms with Crippen LogP contribution in [-0.2, 0) is 16.1 Å². The van der Waals surface area contributed by atoms with Gasteiger partial charge in [0.2, 0.25) is 0 Å². The zero-order valence-electron chi connectivity index (χ0n) is 11.3. The first-order valence-corrected chi connectivity index (χ1v) is 6.70. The molecular formula is C15H19N3O2. The quantitative estimate of drug-likeness (QED) is 0.759. The molecule has 106 valence electrons. The maximum Gasteiger partial charge on any atom is 0.306 e. The lowest BCUT2D eigenvalue weighted by Crippen LogP contribution is -2.13. The highest BCUT2D eigenvalue weighted by Gasteiger charge is 2.10. The third-order valence-corrected chi connectivity index (χ3v) is 3.01. The summed E-state index contributed by atoms with van der Waals surface area (Å²) in [6, 6.07) is 9.48. The Balaban J connectivity index is 1.63. The van der Waals surface area contributed by atoms with Crippen LogP contribution < -0.4 is 5.73 Å². The van der Waals surface area contributed by atoms with E-state index in [1.807, 2.05) is 30.3 Å². The van der Waals surface area contributed by atoms with Gasteiger partial charge in [0, 0.05) is 18.8 Å². The minimum atomic E-state index is -0.194. The Hall–Kier alpha value is -2.14. The van der Waals surface area contributed by atoms with E-state index in [9.17, 15) is 4.79 Å². The molecule has 0 amide bonds. The van der Waals surface area contributed by atoms with Gasteiger partial charge in [-0.05, 0) is 18.4 Å². The number of hydrogen-bond acceptors (Lipinski definition) is 4. The number of benzene rings is 1. The van der Waals surface area contributed by atoms with Crippen molar-refractivity contribution in [3.8, 4) is 0 Å². The van der Waals surface area contributed by atoms with E-state index in [4.69, 9.17) is 10.5 Å². The fraction of sp³-hybridized carbons (Fsp3) is 0.333. The molecule has 5 nitrogen and oxygen atoms in total. The van der Waals surface area contributed by atoms with Gasteiger partial charge in [0.05, 0.1) is 6.04 Å². The van der Waals surface area contributed by atoms with Crippen molar-refractivity contribution in [1.82, 2.24) is 9.97 Å². The Morgan fingerprint density at radius 2 is 2.15 bits per heavy atom. The first-order valence-electron chi connectivity index (χ1n) is 6.70. The van der Waals surface area contributed by atoms with Crippen molar-refractivity contribution in [2.45, 2.75) is 31.9 Å². The number of nitrogens with zero attached hydrogens (tertiary/aromatic N) is 1. The number of aromatic amines is 1. The van der Waals surface area contributed by atoms with Crippen LogP contribution in [0.2, 0.25) is 0 Å². The molecule has 0 saturated heterocycles. The van der Waals surface area contributed by atoms with Crippen molar-refractivity contribution in [3.05, 3.63) is 54.1 Å². The Morgan fingerprint density at radius 1 is 1.35 bits per heavy atom. The summed E-state index contributed by atoms with van der Waals surface area (Å²) in [5, 5.41) is 0. The standard InChI is InChI=1S/C15H19N3O2/c16-13(15-17-9-10-18-15)7-4-8-14(19)20-11-12-5-2-1-3-6-12/h1-3,5-6,9-10,13H,4,7-8,11,16H2,(H,17,18). The summed E-state index contributed by atoms with van der Waals surface area (Å²) in [6.45, 7) is 0.323. The van der Waals surface area contributed by atoms with Crippen molar-refractivity contribution in [3.63, 3.8) is 0 Å². The van der Waals surface area contributed by atoms with Gasteiger partial charge < -0.3 is 15.5 Å². The van der Waals surface area contributed by atoms with Crippen molar-refractivity contribution < 1.29 is 9.53 Å². The van der Waals surface area contributed by atoms with Gasteiger partial charge in [-0.15, -0.1) is 0 Å². The van der Waals surface area contributed by atoms with Crippen LogP contribution in [0.15, 0.2) is 42.7 Å². The van der Waals surface area contributed by atoms with Crippen molar-refractivity contribution in [1.29, 1.82) is 0 Å². The number of hydrogen-bond donors (Lipinski definition) is 2. The highest BCUT2D eigenvalue weighted by Crippen LogP contribution is 2.13. The minimum Gasteiger partial charge on any atom is -0.461 e. The Morgan fingerprint density at radius 3 is 2.85 bits per heavy atom. The topological polar surface area (TPSA) is 81.0 Å². The van der Waals surface area contributed by atoms with E-state index < -0.39 is 0 Å². The van der Waals surface area contributed by atoms with Gasteiger partial charge in [0.15, 0.2) is 0 Å². The number of nitrogens with one attached hydrogen (secondary N) is 1. The third-order valence-electron chi connectivity index (χ3n) is 3.01. The minimum absolute atomic E-state index is 0.160. The molecule has 0 aliphatic heterocycles. The van der Waals surface area contributed by atoms with Crippen LogP contribution >= 0.6 is 0 Å². The first-order chi connectivity index (χ1) is 9.75. The number of rotatable bonds is 7. The summed E-state index contributed by atoms with van der Waals surface area (Å²) in [5.74, 6) is 0.558. The second kappa shape index (κ2) is 7.45. The van der Waals surface area contributed by atoms with E-state index in [0.717, 1.165) is 11.4 Å². The van der Waals surface area contributed by atoms with Crippen LogP contribution in [0, 0.1) is 0 Å². The summed E-state index contributed by atoms with van der Waals surface area (Å²) >= 11 is 0. The number of imidazole rings is 1. The number of esters is 1. The molecule has 1 aromatic carbocycles. The smallest absolute Gasteiger partial charge is 0.306 e. The maximum atomic E-state index is 11.6. The molecule has 5 heteroatoms. The molecule has 2 rings (SSSR count). The van der Waals surface area contributed by atoms with Crippen LogP contribution in [-0.4, -0.2) is 15.9 Å². The van der Waals surface area contributed by atoms with Gasteiger partial charge in [0.25, 0.3) is 0 Å². The summed E-state index contributed by atoms with van der Waals surface area (Å²) in [5.41, 5.74) is 6.94. The lowest BCUT2D eigenvalue weighted by molar-refractivity contribution is -0.145. The third kappa shape index (κ3) is 4.51. The molecule has 20 heavy (non-hydrogen) atoms. The number of ether oxygens (including phenoxy) is 1. The monoisotopic (exact) mass is 273 g/mol. The molecule has 0 spiro atoms. The highest BCUT2D eigenvalue weighted by atomic mass is 16.5. The van der Waals surface area contributed by atoms with Gasteiger partial charge in [0.1, 0.15) is 12.4 Å². The molecule has 0 bridgehead atoms. The number of carbonyl (C=O) groups excluding carboxylic acids is 1. The number of nitrogens with two attached hydrogens (primary N) is 1. The molecular weight excluding hydrogens is 254 g/mol. The van der Waals surface area contributed by atoms with Crippen molar-refractivity contribution >= 4 is 5.97 Å². The van der Waals surface area contributed by atoms with Crippen LogP contribution in [0.25, 0.3) is 0 Å². The average Bonchev–Trinajstić information content (AvgIpc) is 3.00. The van der Waals surface area contributed by atoms with Crippen LogP contribution in [0.3, 0.4) is 0 Å². The van der Waals surface area contributed by atoms with Gasteiger partial charge >= 0.3 is 5.97 Å². The van der Waals surface area contributed by atoms with Gasteiger partial charge in [-0.3, -0.25) is 4.79 Å². The number of H-pyrrole nitrogens is 1. The second-order valence-corrected chi connectivity index (χ2v) is 4.62. The van der Waals surface area contributed by atoms with E-state index in [1.165, 1.54) is 0 Å². The summed E-state index contributed by atoms with van der Waals surface area (Å²) < 4.78 is 5.20. The highest BCUT2D eigenvalue weighted by molar-refractivity contribution is 5.69. The molecule has 1 unspecified atom stereocenters. The van der Waals surface area contributed by atoms with E-state index >= 15 is 0 Å². The molecule has 2 aromatic rings. The fourth-order valence-corrected chi connectivity index (χ4v) is 1.89.